The lowest BCUT2D eigenvalue weighted by atomic mass is 9.98. The summed E-state index contributed by atoms with van der Waals surface area (Å²) >= 11 is 0. The van der Waals surface area contributed by atoms with Gasteiger partial charge in [-0.2, -0.15) is 0 Å². The number of nitrogens with one attached hydrogen (secondary N) is 2. The Morgan fingerprint density at radius 2 is 1.60 bits per heavy atom. The van der Waals surface area contributed by atoms with Gasteiger partial charge in [-0.25, -0.2) is 4.39 Å². The predicted molar refractivity (Wildman–Crippen MR) is 155 cm³/mol. The molecule has 0 saturated heterocycles. The van der Waals surface area contributed by atoms with E-state index in [1.54, 1.807) is 24.5 Å². The Hall–Kier alpha value is -4.50. The highest BCUT2D eigenvalue weighted by molar-refractivity contribution is 6.04. The number of anilines is 1. The number of hydrogen-bond donors (Lipinski definition) is 2. The highest BCUT2D eigenvalue weighted by Gasteiger charge is 2.22. The molecular formula is C31H33FN6O2. The van der Waals surface area contributed by atoms with E-state index in [-0.39, 0.29) is 17.5 Å². The summed E-state index contributed by atoms with van der Waals surface area (Å²) in [6.45, 7) is 6.05. The van der Waals surface area contributed by atoms with Crippen molar-refractivity contribution in [2.24, 2.45) is 0 Å². The molecule has 0 unspecified atom stereocenters. The molecule has 0 aliphatic heterocycles. The number of alkyl halides is 1. The van der Waals surface area contributed by atoms with E-state index in [4.69, 9.17) is 0 Å². The molecule has 0 fully saturated rings. The minimum absolute atomic E-state index is 0.194. The summed E-state index contributed by atoms with van der Waals surface area (Å²) in [5.74, 6) is -0.596. The predicted octanol–water partition coefficient (Wildman–Crippen LogP) is 5.26. The maximum atomic E-state index is 14.3. The zero-order valence-electron chi connectivity index (χ0n) is 23.3. The molecule has 8 nitrogen and oxygen atoms in total. The molecule has 40 heavy (non-hydrogen) atoms. The van der Waals surface area contributed by atoms with Gasteiger partial charge in [-0.15, -0.1) is 0 Å². The summed E-state index contributed by atoms with van der Waals surface area (Å²) in [6.07, 6.45) is 4.74. The minimum atomic E-state index is -1.65. The number of likely N-dealkylation sites (N-methyl/N-ethyl adjacent to an activating group) is 1. The third-order valence-corrected chi connectivity index (χ3v) is 6.33. The number of carbonyl (C=O) groups excluding carboxylic acids is 2. The van der Waals surface area contributed by atoms with Crippen LogP contribution in [0, 0.1) is 6.92 Å². The highest BCUT2D eigenvalue weighted by Crippen LogP contribution is 2.30. The van der Waals surface area contributed by atoms with Crippen LogP contribution in [0.3, 0.4) is 0 Å². The summed E-state index contributed by atoms with van der Waals surface area (Å²) in [5, 5.41) is 5.78. The van der Waals surface area contributed by atoms with Crippen molar-refractivity contribution in [3.8, 4) is 22.4 Å². The Labute approximate surface area is 233 Å². The van der Waals surface area contributed by atoms with Gasteiger partial charge in [-0.3, -0.25) is 24.5 Å². The number of nitrogens with zero attached hydrogens (tertiary/aromatic N) is 4. The van der Waals surface area contributed by atoms with Gasteiger partial charge in [0, 0.05) is 48.5 Å². The molecular weight excluding hydrogens is 507 g/mol. The van der Waals surface area contributed by atoms with Crippen LogP contribution >= 0.6 is 0 Å². The van der Waals surface area contributed by atoms with Gasteiger partial charge in [0.1, 0.15) is 11.4 Å². The molecule has 0 saturated carbocycles. The number of pyridine rings is 3. The van der Waals surface area contributed by atoms with Crippen molar-refractivity contribution in [1.29, 1.82) is 0 Å². The topological polar surface area (TPSA) is 100 Å². The fourth-order valence-corrected chi connectivity index (χ4v) is 4.06. The van der Waals surface area contributed by atoms with Crippen LogP contribution in [0.2, 0.25) is 0 Å². The van der Waals surface area contributed by atoms with Crippen molar-refractivity contribution >= 4 is 17.5 Å². The Balaban J connectivity index is 1.56. The molecule has 2 N–H and O–H groups in total. The molecule has 2 amide bonds. The van der Waals surface area contributed by atoms with E-state index in [2.05, 4.69) is 25.6 Å². The van der Waals surface area contributed by atoms with Crippen molar-refractivity contribution in [2.45, 2.75) is 26.4 Å². The van der Waals surface area contributed by atoms with Gasteiger partial charge < -0.3 is 15.5 Å². The minimum Gasteiger partial charge on any atom is -0.349 e. The molecule has 1 aromatic carbocycles. The Kier molecular flexibility index (Phi) is 8.64. The number of aromatic nitrogens is 3. The van der Waals surface area contributed by atoms with Crippen LogP contribution in [0.1, 0.15) is 46.0 Å². The summed E-state index contributed by atoms with van der Waals surface area (Å²) < 4.78 is 14.3. The first-order valence-corrected chi connectivity index (χ1v) is 12.9. The SMILES string of the molecule is Cc1ccc(NC(=O)c2ccnc(C(C)(C)F)c2)cc1-c1ccnc(-c2ccnc(C(=O)NCCN(C)C)c2)c1. The molecule has 0 aliphatic rings. The zero-order valence-corrected chi connectivity index (χ0v) is 23.3. The number of hydrogen-bond acceptors (Lipinski definition) is 6. The highest BCUT2D eigenvalue weighted by atomic mass is 19.1. The molecule has 0 radical (unpaired) electrons. The van der Waals surface area contributed by atoms with Crippen LogP contribution < -0.4 is 10.6 Å². The molecule has 206 valence electrons. The fourth-order valence-electron chi connectivity index (χ4n) is 4.06. The van der Waals surface area contributed by atoms with E-state index in [0.29, 0.717) is 29.2 Å². The molecule has 4 rings (SSSR count). The number of rotatable bonds is 9. The lowest BCUT2D eigenvalue weighted by Crippen LogP contribution is -2.31. The Morgan fingerprint density at radius 1 is 0.875 bits per heavy atom. The molecule has 4 aromatic rings. The van der Waals surface area contributed by atoms with Gasteiger partial charge in [0.25, 0.3) is 11.8 Å². The molecule has 9 heteroatoms. The number of halogens is 1. The molecule has 3 heterocycles. The lowest BCUT2D eigenvalue weighted by molar-refractivity contribution is 0.0945. The van der Waals surface area contributed by atoms with Crippen LogP contribution in [0.5, 0.6) is 0 Å². The van der Waals surface area contributed by atoms with Crippen molar-refractivity contribution < 1.29 is 14.0 Å². The maximum absolute atomic E-state index is 14.3. The molecule has 0 spiro atoms. The average Bonchev–Trinajstić information content (AvgIpc) is 2.93. The number of benzene rings is 1. The number of carbonyl (C=O) groups is 2. The smallest absolute Gasteiger partial charge is 0.269 e. The second-order valence-electron chi connectivity index (χ2n) is 10.3. The molecule has 0 bridgehead atoms. The van der Waals surface area contributed by atoms with Gasteiger partial charge >= 0.3 is 0 Å². The van der Waals surface area contributed by atoms with E-state index in [1.807, 2.05) is 62.3 Å². The maximum Gasteiger partial charge on any atom is 0.269 e. The lowest BCUT2D eigenvalue weighted by Gasteiger charge is -2.15. The van der Waals surface area contributed by atoms with Gasteiger partial charge in [0.2, 0.25) is 0 Å². The Morgan fingerprint density at radius 3 is 2.35 bits per heavy atom. The fraction of sp³-hybridized carbons (Fsp3) is 0.258. The average molecular weight is 541 g/mol. The van der Waals surface area contributed by atoms with E-state index >= 15 is 0 Å². The summed E-state index contributed by atoms with van der Waals surface area (Å²) in [6, 6.07) is 16.0. The zero-order chi connectivity index (χ0) is 28.9. The second-order valence-corrected chi connectivity index (χ2v) is 10.3. The van der Waals surface area contributed by atoms with Gasteiger partial charge in [-0.1, -0.05) is 6.07 Å². The van der Waals surface area contributed by atoms with Crippen LogP contribution in [-0.2, 0) is 5.67 Å². The van der Waals surface area contributed by atoms with Crippen molar-refractivity contribution in [3.63, 3.8) is 0 Å². The standard InChI is InChI=1S/C31H33FN6O2/c1-20-6-7-24(37-29(39)23-10-13-35-28(18-23)31(2,3)32)19-25(20)21-8-11-33-26(16-21)22-9-12-34-27(17-22)30(40)36-14-15-38(4)5/h6-13,16-19H,14-15H2,1-5H3,(H,36,40)(H,37,39). The summed E-state index contributed by atoms with van der Waals surface area (Å²) in [4.78, 5) is 40.3. The van der Waals surface area contributed by atoms with E-state index < -0.39 is 5.67 Å². The summed E-state index contributed by atoms with van der Waals surface area (Å²) in [5.41, 5.74) is 4.06. The van der Waals surface area contributed by atoms with Gasteiger partial charge in [0.05, 0.1) is 11.4 Å². The van der Waals surface area contributed by atoms with Crippen LogP contribution in [0.15, 0.2) is 73.2 Å². The number of amides is 2. The monoisotopic (exact) mass is 540 g/mol. The molecule has 3 aromatic heterocycles. The first-order chi connectivity index (χ1) is 19.0. The summed E-state index contributed by atoms with van der Waals surface area (Å²) in [7, 11) is 3.89. The molecule has 0 aliphatic carbocycles. The first-order valence-electron chi connectivity index (χ1n) is 12.9. The van der Waals surface area contributed by atoms with Crippen molar-refractivity contribution in [2.75, 3.05) is 32.5 Å². The van der Waals surface area contributed by atoms with Crippen molar-refractivity contribution in [3.05, 3.63) is 95.7 Å². The van der Waals surface area contributed by atoms with Gasteiger partial charge in [-0.05, 0) is 100 Å². The van der Waals surface area contributed by atoms with Crippen LogP contribution in [-0.4, -0.2) is 58.9 Å². The van der Waals surface area contributed by atoms with Gasteiger partial charge in [0.15, 0.2) is 0 Å². The quantitative estimate of drug-likeness (QED) is 0.300. The van der Waals surface area contributed by atoms with Crippen LogP contribution in [0.25, 0.3) is 22.4 Å². The third kappa shape index (κ3) is 7.12. The third-order valence-electron chi connectivity index (χ3n) is 6.33. The second kappa shape index (κ2) is 12.1. The number of aryl methyl sites for hydroxylation is 1. The van der Waals surface area contributed by atoms with E-state index in [9.17, 15) is 14.0 Å². The van der Waals surface area contributed by atoms with E-state index in [0.717, 1.165) is 28.8 Å². The normalized spacial score (nSPS) is 11.4. The Bertz CT molecular complexity index is 1530. The van der Waals surface area contributed by atoms with Crippen LogP contribution in [0.4, 0.5) is 10.1 Å². The van der Waals surface area contributed by atoms with Crippen molar-refractivity contribution in [1.82, 2.24) is 25.2 Å². The van der Waals surface area contributed by atoms with E-state index in [1.165, 1.54) is 26.1 Å². The molecule has 0 atom stereocenters. The first kappa shape index (κ1) is 28.5. The largest absolute Gasteiger partial charge is 0.349 e.